The molecular weight excluding hydrogens is 1280 g/mol. The van der Waals surface area contributed by atoms with Gasteiger partial charge in [-0.25, -0.2) is 44.5 Å². The highest BCUT2D eigenvalue weighted by Gasteiger charge is 2.46. The Labute approximate surface area is 484 Å². The smallest absolute Gasteiger partial charge is 0.490 e. The van der Waals surface area contributed by atoms with Gasteiger partial charge in [-0.05, 0) is 59.0 Å². The number of carbonyl (C=O) groups is 3. The second-order valence-electron chi connectivity index (χ2n) is 17.3. The number of rotatable bonds is 27. The Morgan fingerprint density at radius 1 is 1.02 bits per heavy atom. The molecule has 1 aromatic heterocycles. The summed E-state index contributed by atoms with van der Waals surface area (Å²) in [6.07, 6.45) is -3.89. The third kappa shape index (κ3) is 18.3. The fourth-order valence-electron chi connectivity index (χ4n) is 7.86. The number of fused-ring (bicyclic) bond motifs is 2. The number of halogens is 1. The van der Waals surface area contributed by atoms with Gasteiger partial charge < -0.3 is 74.5 Å². The summed E-state index contributed by atoms with van der Waals surface area (Å²) < 4.78 is 159. The Kier molecular flexibility index (Phi) is 22.0. The van der Waals surface area contributed by atoms with Crippen molar-refractivity contribution in [3.05, 3.63) is 91.6 Å². The first-order chi connectivity index (χ1) is 39.5. The van der Waals surface area contributed by atoms with Crippen molar-refractivity contribution in [3.8, 4) is 34.3 Å². The van der Waals surface area contributed by atoms with Gasteiger partial charge in [0.05, 0.1) is 36.1 Å². The minimum absolute atomic E-state index is 0.000169. The number of amides is 2. The van der Waals surface area contributed by atoms with E-state index in [1.165, 1.54) is 39.8 Å². The summed E-state index contributed by atoms with van der Waals surface area (Å²) in [4.78, 5) is 92.0. The number of carboxylic acids is 1. The molecule has 2 aromatic carbocycles. The fourth-order valence-corrected chi connectivity index (χ4v) is 13.9. The summed E-state index contributed by atoms with van der Waals surface area (Å²) >= 11 is 0. The molecule has 460 valence electrons. The average Bonchev–Trinajstić information content (AvgIpc) is 1.64. The fraction of sp³-hybridized carbons (Fsp3) is 0.333. The maximum Gasteiger partial charge on any atom is 0.490 e. The van der Waals surface area contributed by atoms with Crippen molar-refractivity contribution in [1.29, 1.82) is 0 Å². The van der Waals surface area contributed by atoms with Gasteiger partial charge in [0, 0.05) is 77.9 Å². The zero-order valence-electron chi connectivity index (χ0n) is 42.9. The summed E-state index contributed by atoms with van der Waals surface area (Å²) in [7, 11) is -25.8. The number of benzene rings is 3. The number of nitrogen functional groups attached to an aromatic ring is 2. The maximum atomic E-state index is 14.9. The largest absolute Gasteiger partial charge is 0.744 e. The minimum Gasteiger partial charge on any atom is -0.744 e. The molecule has 2 aliphatic heterocycles. The van der Waals surface area contributed by atoms with Crippen LogP contribution in [0.4, 0.5) is 15.9 Å². The molecule has 1 saturated heterocycles. The van der Waals surface area contributed by atoms with E-state index in [4.69, 9.17) is 50.8 Å². The van der Waals surface area contributed by atoms with E-state index in [0.717, 1.165) is 35.0 Å². The molecule has 2 unspecified atom stereocenters. The molecule has 43 heteroatoms. The summed E-state index contributed by atoms with van der Waals surface area (Å²) in [5.41, 5.74) is 16.5. The van der Waals surface area contributed by atoms with Gasteiger partial charge in [0.1, 0.15) is 49.2 Å². The number of hydrogen-bond acceptors (Lipinski definition) is 26. The zero-order valence-corrected chi connectivity index (χ0v) is 48.9. The van der Waals surface area contributed by atoms with Crippen molar-refractivity contribution >= 4 is 106 Å². The number of aromatic nitrogens is 2. The lowest BCUT2D eigenvalue weighted by Crippen LogP contribution is -2.47. The molecule has 3 aromatic rings. The normalized spacial score (nSPS) is 17.6. The molecule has 85 heavy (non-hydrogen) atoms. The Hall–Kier alpha value is -6.37. The molecule has 2 amide bonds. The van der Waals surface area contributed by atoms with E-state index < -0.39 is 142 Å². The number of nitrogens with one attached hydrogen (secondary N) is 2. The number of aromatic carboxylic acids is 1. The van der Waals surface area contributed by atoms with Gasteiger partial charge in [-0.15, -0.1) is 0 Å². The number of phosphoric ester groups is 1. The van der Waals surface area contributed by atoms with Crippen molar-refractivity contribution in [2.45, 2.75) is 60.4 Å². The Balaban J connectivity index is 0.982. The van der Waals surface area contributed by atoms with E-state index in [2.05, 4.69) is 50.6 Å². The van der Waals surface area contributed by atoms with Gasteiger partial charge >= 0.3 is 35.1 Å². The van der Waals surface area contributed by atoms with Crippen molar-refractivity contribution in [3.63, 3.8) is 0 Å². The van der Waals surface area contributed by atoms with Crippen LogP contribution in [-0.2, 0) is 66.1 Å². The third-order valence-electron chi connectivity index (χ3n) is 11.2. The quantitative estimate of drug-likeness (QED) is 0.00286. The number of phosphoric acid groups is 3. The van der Waals surface area contributed by atoms with E-state index in [1.807, 2.05) is 0 Å². The number of anilines is 2. The van der Waals surface area contributed by atoms with Crippen LogP contribution in [0.2, 0.25) is 0 Å². The van der Waals surface area contributed by atoms with Gasteiger partial charge in [0.25, 0.3) is 11.9 Å². The minimum atomic E-state index is -5.93. The first-order valence-electron chi connectivity index (χ1n) is 23.3. The van der Waals surface area contributed by atoms with Crippen LogP contribution in [0.5, 0.6) is 0 Å². The molecule has 3 heterocycles. The van der Waals surface area contributed by atoms with E-state index in [-0.39, 0.29) is 77.5 Å². The molecule has 13 N–H and O–H groups in total. The first kappa shape index (κ1) is 67.8. The summed E-state index contributed by atoms with van der Waals surface area (Å²) in [6, 6.07) is 7.72. The second-order valence-corrected chi connectivity index (χ2v) is 26.9. The van der Waals surface area contributed by atoms with Gasteiger partial charge in [0.15, 0.2) is 16.2 Å². The molecule has 35 nitrogen and oxygen atoms in total. The SMILES string of the molecule is C[C@@](F)(N=[N+]=[N-])O[C@@H]1C[C@H](n2cc(C#CCNC(=O)CCCOCSSCCNC(=O)c3ccc(C(=O)O)c(-c4c5ccc(=[NH2+])c(S(=O)(=O)[O-])c-5oc5c(S(=O)(=O)[O-])c(N)ccc45)c3)c(N)nc2=O)O[C@@H]1COP(=O)(O)OP(=O)(O)OP(=O)(O)O. The Bertz CT molecular complexity index is 4040. The van der Waals surface area contributed by atoms with Gasteiger partial charge in [0.2, 0.25) is 11.3 Å². The zero-order chi connectivity index (χ0) is 63.0. The number of carboxylic acid groups (broad SMARTS) is 1. The lowest BCUT2D eigenvalue weighted by Gasteiger charge is -2.24. The van der Waals surface area contributed by atoms with Gasteiger partial charge in [-0.2, -0.15) is 13.6 Å². The van der Waals surface area contributed by atoms with Crippen molar-refractivity contribution in [1.82, 2.24) is 20.2 Å². The Morgan fingerprint density at radius 3 is 2.39 bits per heavy atom. The Morgan fingerprint density at radius 2 is 1.73 bits per heavy atom. The van der Waals surface area contributed by atoms with Crippen LogP contribution in [0.3, 0.4) is 0 Å². The molecule has 1 aliphatic carbocycles. The van der Waals surface area contributed by atoms with E-state index in [9.17, 15) is 78.1 Å². The van der Waals surface area contributed by atoms with Crippen molar-refractivity contribution in [2.75, 3.05) is 49.5 Å². The van der Waals surface area contributed by atoms with E-state index in [0.29, 0.717) is 12.7 Å². The molecular formula is C42H45FN10O25P3S4-. The van der Waals surface area contributed by atoms with Crippen LogP contribution in [0, 0.1) is 11.8 Å². The molecule has 1 fully saturated rings. The predicted molar refractivity (Wildman–Crippen MR) is 288 cm³/mol. The first-order valence-corrected chi connectivity index (χ1v) is 33.2. The molecule has 0 bridgehead atoms. The maximum absolute atomic E-state index is 14.9. The van der Waals surface area contributed by atoms with Crippen LogP contribution in [-0.4, -0.2) is 134 Å². The number of nitrogens with zero attached hydrogens (tertiary/aromatic N) is 5. The summed E-state index contributed by atoms with van der Waals surface area (Å²) in [6.45, 7) is -0.507. The molecule has 6 rings (SSSR count). The van der Waals surface area contributed by atoms with Crippen LogP contribution < -0.4 is 38.6 Å². The lowest BCUT2D eigenvalue weighted by molar-refractivity contribution is -0.178. The molecule has 3 aliphatic rings. The van der Waals surface area contributed by atoms with Gasteiger partial charge in [-0.1, -0.05) is 33.4 Å². The molecule has 0 saturated carbocycles. The molecule has 0 spiro atoms. The van der Waals surface area contributed by atoms with Crippen LogP contribution in [0.1, 0.15) is 58.7 Å². The molecule has 0 radical (unpaired) electrons. The summed E-state index contributed by atoms with van der Waals surface area (Å²) in [5.74, 6) is -1.28. The number of nitrogens with two attached hydrogens (primary N) is 3. The van der Waals surface area contributed by atoms with Crippen LogP contribution in [0.15, 0.2) is 72.8 Å². The van der Waals surface area contributed by atoms with Crippen molar-refractivity contribution in [2.24, 2.45) is 5.11 Å². The molecule has 6 atom stereocenters. The van der Waals surface area contributed by atoms with Crippen molar-refractivity contribution < 1.29 is 120 Å². The number of hydrogen-bond donors (Lipinski definition) is 10. The van der Waals surface area contributed by atoms with Gasteiger partial charge in [-0.3, -0.25) is 24.1 Å². The summed E-state index contributed by atoms with van der Waals surface area (Å²) in [5, 5.41) is 23.2. The highest BCUT2D eigenvalue weighted by molar-refractivity contribution is 8.76. The number of azide groups is 1. The number of alkyl halides is 1. The topological polar surface area (TPSA) is 572 Å². The second kappa shape index (κ2) is 27.6. The highest BCUT2D eigenvalue weighted by Crippen LogP contribution is 2.66. The standard InChI is InChI=1S/C42H46FN10O25P3S4/c1-42(43,51-52-47)76-29-17-32(74-30(29)19-73-80(62,63)78-81(64,65)77-79(59,60)61)53-18-22(38(46)50-41(53)58)4-2-12-48-31(54)5-3-14-72-20-83-82-15-13-49-39(55)21-6-7-23(40(56)57)26(16-21)33-24-8-10-27(44)36(84(66,67)68)34(24)75-35-25(33)9-11-28(45)37(35)85(69,70)71/h6-11,16,18,29-30,32,44H,3,5,12-15,17,19-20,45H2,1H3,(H,48,54)(H,49,55)(H,56,57)(H,62,63)(H,64,65)(H2,46,50,58)(H2,59,60,61)(H,66,67,68)(H,69,70,71)/p-1/t29-,30-,32-,42-/m1/s1. The number of carbonyl (C=O) groups excluding carboxylic acids is 2. The average molecular weight is 1330 g/mol. The monoisotopic (exact) mass is 1330 g/mol. The predicted octanol–water partition coefficient (Wildman–Crippen LogP) is 1.09. The number of ether oxygens (including phenoxy) is 3. The van der Waals surface area contributed by atoms with Crippen LogP contribution in [0.25, 0.3) is 43.9 Å². The lowest BCUT2D eigenvalue weighted by atomic mass is 9.89. The van der Waals surface area contributed by atoms with E-state index in [1.54, 1.807) is 0 Å². The third-order valence-corrected chi connectivity index (χ3v) is 18.9. The van der Waals surface area contributed by atoms with Crippen LogP contribution >= 0.6 is 45.1 Å². The highest BCUT2D eigenvalue weighted by atomic mass is 33.1. The van der Waals surface area contributed by atoms with E-state index >= 15 is 0 Å².